The van der Waals surface area contributed by atoms with E-state index >= 15 is 0 Å². The van der Waals surface area contributed by atoms with Crippen molar-refractivity contribution >= 4 is 5.65 Å². The number of hydrogen-bond acceptors (Lipinski definition) is 3. The Kier molecular flexibility index (Phi) is 3.08. The first-order valence-corrected chi connectivity index (χ1v) is 7.19. The van der Waals surface area contributed by atoms with E-state index in [2.05, 4.69) is 49.1 Å². The summed E-state index contributed by atoms with van der Waals surface area (Å²) in [4.78, 5) is 9.16. The first-order valence-electron chi connectivity index (χ1n) is 7.19. The largest absolute Gasteiger partial charge is 0.301 e. The summed E-state index contributed by atoms with van der Waals surface area (Å²) in [6.07, 6.45) is 2.40. The minimum atomic E-state index is 0.672. The molecule has 0 aromatic carbocycles. The van der Waals surface area contributed by atoms with Crippen LogP contribution in [0.25, 0.3) is 5.65 Å². The van der Waals surface area contributed by atoms with E-state index in [1.165, 1.54) is 28.1 Å². The van der Waals surface area contributed by atoms with Gasteiger partial charge < -0.3 is 4.40 Å². The Morgan fingerprint density at radius 3 is 2.29 bits per heavy atom. The lowest BCUT2D eigenvalue weighted by Gasteiger charge is -2.12. The van der Waals surface area contributed by atoms with Crippen LogP contribution < -0.4 is 0 Å². The lowest BCUT2D eigenvalue weighted by molar-refractivity contribution is 0.747. The molecule has 3 aromatic heterocycles. The minimum Gasteiger partial charge on any atom is -0.301 e. The Bertz CT molecular complexity index is 838. The fourth-order valence-electron chi connectivity index (χ4n) is 2.88. The highest BCUT2D eigenvalue weighted by Gasteiger charge is 2.17. The summed E-state index contributed by atoms with van der Waals surface area (Å²) >= 11 is 0. The smallest absolute Gasteiger partial charge is 0.156 e. The predicted molar refractivity (Wildman–Crippen MR) is 82.7 cm³/mol. The van der Waals surface area contributed by atoms with E-state index in [1.807, 2.05) is 7.05 Å². The maximum Gasteiger partial charge on any atom is 0.156 e. The van der Waals surface area contributed by atoms with Gasteiger partial charge in [0.15, 0.2) is 5.82 Å². The zero-order valence-corrected chi connectivity index (χ0v) is 13.5. The molecular weight excluding hydrogens is 262 g/mol. The van der Waals surface area contributed by atoms with Crippen LogP contribution in [0.2, 0.25) is 0 Å². The number of aromatic nitrogens is 5. The molecular formula is C16H21N5. The van der Waals surface area contributed by atoms with E-state index in [1.54, 1.807) is 11.0 Å². The van der Waals surface area contributed by atoms with Crippen molar-refractivity contribution in [2.75, 3.05) is 0 Å². The summed E-state index contributed by atoms with van der Waals surface area (Å²) in [5, 5.41) is 4.35. The predicted octanol–water partition coefficient (Wildman–Crippen LogP) is 2.60. The number of imidazole rings is 1. The quantitative estimate of drug-likeness (QED) is 0.726. The van der Waals surface area contributed by atoms with Crippen molar-refractivity contribution in [3.63, 3.8) is 0 Å². The third kappa shape index (κ3) is 2.04. The van der Waals surface area contributed by atoms with Crippen molar-refractivity contribution in [2.45, 2.75) is 41.0 Å². The summed E-state index contributed by atoms with van der Waals surface area (Å²) in [5.41, 5.74) is 8.47. The molecule has 5 nitrogen and oxygen atoms in total. The van der Waals surface area contributed by atoms with E-state index < -0.39 is 0 Å². The van der Waals surface area contributed by atoms with Crippen LogP contribution in [0.3, 0.4) is 0 Å². The van der Waals surface area contributed by atoms with Crippen LogP contribution in [0.1, 0.15) is 39.6 Å². The topological polar surface area (TPSA) is 48.0 Å². The molecule has 0 saturated heterocycles. The highest BCUT2D eigenvalue weighted by molar-refractivity contribution is 5.57. The second kappa shape index (κ2) is 4.69. The molecule has 3 aromatic rings. The third-order valence-electron chi connectivity index (χ3n) is 4.52. The second-order valence-corrected chi connectivity index (χ2v) is 5.77. The van der Waals surface area contributed by atoms with Gasteiger partial charge in [0.1, 0.15) is 12.0 Å². The molecule has 110 valence electrons. The maximum atomic E-state index is 4.85. The number of aryl methyl sites for hydroxylation is 4. The lowest BCUT2D eigenvalue weighted by atomic mass is 10.0. The van der Waals surface area contributed by atoms with Crippen LogP contribution in [-0.4, -0.2) is 24.1 Å². The van der Waals surface area contributed by atoms with Crippen molar-refractivity contribution in [1.29, 1.82) is 0 Å². The standard InChI is InChI=1S/C16H21N5/c1-9-10(2)12(4)21-13(5)14(18-16(21)11(9)3)7-15-17-8-20(6)19-15/h8H,7H2,1-6H3. The molecule has 21 heavy (non-hydrogen) atoms. The molecule has 0 fully saturated rings. The summed E-state index contributed by atoms with van der Waals surface area (Å²) in [5.74, 6) is 0.813. The van der Waals surface area contributed by atoms with E-state index in [0.717, 1.165) is 17.2 Å². The molecule has 0 unspecified atom stereocenters. The molecule has 0 radical (unpaired) electrons. The molecule has 0 bridgehead atoms. The second-order valence-electron chi connectivity index (χ2n) is 5.77. The summed E-state index contributed by atoms with van der Waals surface area (Å²) in [7, 11) is 1.88. The Morgan fingerprint density at radius 1 is 0.952 bits per heavy atom. The minimum absolute atomic E-state index is 0.672. The van der Waals surface area contributed by atoms with Crippen molar-refractivity contribution in [3.05, 3.63) is 45.9 Å². The molecule has 3 heterocycles. The lowest BCUT2D eigenvalue weighted by Crippen LogP contribution is -2.02. The SMILES string of the molecule is Cc1c(C)c(C)n2c(C)c(Cc3ncn(C)n3)nc2c1C. The average molecular weight is 283 g/mol. The molecule has 5 heteroatoms. The van der Waals surface area contributed by atoms with Gasteiger partial charge in [0.25, 0.3) is 0 Å². The Labute approximate surface area is 124 Å². The van der Waals surface area contributed by atoms with Gasteiger partial charge in [-0.15, -0.1) is 0 Å². The van der Waals surface area contributed by atoms with Gasteiger partial charge in [-0.2, -0.15) is 5.10 Å². The summed E-state index contributed by atoms with van der Waals surface area (Å²) in [6, 6.07) is 0. The first-order chi connectivity index (χ1) is 9.90. The molecule has 0 atom stereocenters. The van der Waals surface area contributed by atoms with Crippen LogP contribution in [0.5, 0.6) is 0 Å². The van der Waals surface area contributed by atoms with E-state index in [9.17, 15) is 0 Å². The first kappa shape index (κ1) is 13.8. The number of pyridine rings is 1. The number of rotatable bonds is 2. The number of nitrogens with zero attached hydrogens (tertiary/aromatic N) is 5. The van der Waals surface area contributed by atoms with Crippen LogP contribution in [0, 0.1) is 34.6 Å². The van der Waals surface area contributed by atoms with Crippen molar-refractivity contribution in [3.8, 4) is 0 Å². The van der Waals surface area contributed by atoms with Gasteiger partial charge in [0.2, 0.25) is 0 Å². The number of hydrogen-bond donors (Lipinski definition) is 0. The van der Waals surface area contributed by atoms with Crippen LogP contribution in [-0.2, 0) is 13.5 Å². The molecule has 0 aliphatic carbocycles. The van der Waals surface area contributed by atoms with Gasteiger partial charge in [0.05, 0.1) is 12.1 Å². The van der Waals surface area contributed by atoms with Gasteiger partial charge in [0, 0.05) is 18.4 Å². The molecule has 0 spiro atoms. The van der Waals surface area contributed by atoms with Gasteiger partial charge in [-0.05, 0) is 51.3 Å². The van der Waals surface area contributed by atoms with E-state index in [-0.39, 0.29) is 0 Å². The Morgan fingerprint density at radius 2 is 1.67 bits per heavy atom. The van der Waals surface area contributed by atoms with E-state index in [0.29, 0.717) is 6.42 Å². The van der Waals surface area contributed by atoms with Gasteiger partial charge in [-0.1, -0.05) is 0 Å². The molecule has 0 aliphatic heterocycles. The van der Waals surface area contributed by atoms with Crippen LogP contribution in [0.4, 0.5) is 0 Å². The molecule has 3 rings (SSSR count). The highest BCUT2D eigenvalue weighted by Crippen LogP contribution is 2.25. The van der Waals surface area contributed by atoms with Crippen molar-refractivity contribution < 1.29 is 0 Å². The van der Waals surface area contributed by atoms with Crippen LogP contribution >= 0.6 is 0 Å². The normalized spacial score (nSPS) is 11.5. The summed E-state index contributed by atoms with van der Waals surface area (Å²) < 4.78 is 3.99. The number of fused-ring (bicyclic) bond motifs is 1. The zero-order chi connectivity index (χ0) is 15.3. The molecule has 0 amide bonds. The molecule has 0 saturated carbocycles. The third-order valence-corrected chi connectivity index (χ3v) is 4.52. The van der Waals surface area contributed by atoms with Gasteiger partial charge in [-0.25, -0.2) is 9.97 Å². The molecule has 0 aliphatic rings. The summed E-state index contributed by atoms with van der Waals surface area (Å²) in [6.45, 7) is 10.8. The maximum absolute atomic E-state index is 4.85. The van der Waals surface area contributed by atoms with Crippen molar-refractivity contribution in [2.24, 2.45) is 7.05 Å². The highest BCUT2D eigenvalue weighted by atomic mass is 15.3. The van der Waals surface area contributed by atoms with Gasteiger partial charge >= 0.3 is 0 Å². The molecule has 0 N–H and O–H groups in total. The fraction of sp³-hybridized carbons (Fsp3) is 0.438. The van der Waals surface area contributed by atoms with E-state index in [4.69, 9.17) is 4.98 Å². The Balaban J connectivity index is 2.20. The fourth-order valence-corrected chi connectivity index (χ4v) is 2.88. The van der Waals surface area contributed by atoms with Crippen molar-refractivity contribution in [1.82, 2.24) is 24.1 Å². The average Bonchev–Trinajstić information content (AvgIpc) is 2.99. The monoisotopic (exact) mass is 283 g/mol. The Hall–Kier alpha value is -2.17. The van der Waals surface area contributed by atoms with Crippen LogP contribution in [0.15, 0.2) is 6.33 Å². The van der Waals surface area contributed by atoms with Gasteiger partial charge in [-0.3, -0.25) is 4.68 Å². The zero-order valence-electron chi connectivity index (χ0n) is 13.5.